The van der Waals surface area contributed by atoms with E-state index in [2.05, 4.69) is 0 Å². The number of hydrogen-bond donors (Lipinski definition) is 0. The average molecular weight is 257 g/mol. The minimum atomic E-state index is -0.402. The topological polar surface area (TPSA) is 35.5 Å². The van der Waals surface area contributed by atoms with Crippen molar-refractivity contribution in [3.63, 3.8) is 0 Å². The van der Waals surface area contributed by atoms with Crippen molar-refractivity contribution in [2.24, 2.45) is 0 Å². The molecule has 0 N–H and O–H groups in total. The third-order valence-electron chi connectivity index (χ3n) is 2.12. The van der Waals surface area contributed by atoms with Crippen LogP contribution in [0.2, 0.25) is 0 Å². The zero-order valence-electron chi connectivity index (χ0n) is 8.53. The second-order valence-corrected chi connectivity index (χ2v) is 4.27. The Bertz CT molecular complexity index is 521. The molecule has 16 heavy (non-hydrogen) atoms. The van der Waals surface area contributed by atoms with Gasteiger partial charge in [-0.1, -0.05) is 23.7 Å². The monoisotopic (exact) mass is 256 g/mol. The van der Waals surface area contributed by atoms with Crippen LogP contribution in [0.1, 0.15) is 9.67 Å². The molecule has 0 aliphatic rings. The van der Waals surface area contributed by atoms with Gasteiger partial charge in [-0.05, 0) is 12.1 Å². The molecule has 1 heterocycles. The van der Waals surface area contributed by atoms with Crippen LogP contribution >= 0.6 is 22.9 Å². The zero-order valence-corrected chi connectivity index (χ0v) is 10.1. The largest absolute Gasteiger partial charge is 0.475 e. The Balaban J connectivity index is 2.62. The Labute approximate surface area is 102 Å². The van der Waals surface area contributed by atoms with E-state index in [1.165, 1.54) is 18.4 Å². The van der Waals surface area contributed by atoms with Gasteiger partial charge in [-0.25, -0.2) is 4.79 Å². The van der Waals surface area contributed by atoms with Gasteiger partial charge in [0, 0.05) is 10.1 Å². The summed E-state index contributed by atoms with van der Waals surface area (Å²) in [6, 6.07) is 7.61. The van der Waals surface area contributed by atoms with Gasteiger partial charge in [0.15, 0.2) is 16.7 Å². The number of hydrogen-bond acceptors (Lipinski definition) is 4. The molecule has 0 amide bonds. The first-order valence-electron chi connectivity index (χ1n) is 4.56. The van der Waals surface area contributed by atoms with Crippen molar-refractivity contribution in [3.8, 4) is 5.75 Å². The normalized spacial score (nSPS) is 10.4. The third kappa shape index (κ3) is 1.86. The van der Waals surface area contributed by atoms with Crippen LogP contribution < -0.4 is 4.74 Å². The van der Waals surface area contributed by atoms with Crippen LogP contribution in [0.15, 0.2) is 24.3 Å². The molecule has 0 unspecified atom stereocenters. The summed E-state index contributed by atoms with van der Waals surface area (Å²) in [6.07, 6.45) is 0. The molecule has 1 aromatic heterocycles. The Morgan fingerprint density at radius 1 is 1.44 bits per heavy atom. The number of carbonyl (C=O) groups is 1. The summed E-state index contributed by atoms with van der Waals surface area (Å²) in [6.45, 7) is 0. The molecular weight excluding hydrogens is 248 g/mol. The van der Waals surface area contributed by atoms with Gasteiger partial charge >= 0.3 is 5.97 Å². The summed E-state index contributed by atoms with van der Waals surface area (Å²) in [7, 11) is 1.34. The number of rotatable bonds is 3. The highest BCUT2D eigenvalue weighted by Gasteiger charge is 2.19. The molecule has 0 aliphatic carbocycles. The van der Waals surface area contributed by atoms with E-state index < -0.39 is 5.97 Å². The SMILES string of the molecule is COC(=O)c1sc2ccccc2c1OCCl. The number of ether oxygens (including phenoxy) is 2. The molecule has 1 aromatic carbocycles. The summed E-state index contributed by atoms with van der Waals surface area (Å²) in [4.78, 5) is 12.0. The fourth-order valence-electron chi connectivity index (χ4n) is 1.45. The van der Waals surface area contributed by atoms with Crippen LogP contribution in [0.3, 0.4) is 0 Å². The fraction of sp³-hybridized carbons (Fsp3) is 0.182. The second-order valence-electron chi connectivity index (χ2n) is 3.00. The lowest BCUT2D eigenvalue weighted by molar-refractivity contribution is 0.0603. The summed E-state index contributed by atoms with van der Waals surface area (Å²) in [5.41, 5.74) is 0. The molecule has 0 fully saturated rings. The van der Waals surface area contributed by atoms with Crippen molar-refractivity contribution in [2.75, 3.05) is 13.2 Å². The van der Waals surface area contributed by atoms with Crippen molar-refractivity contribution in [2.45, 2.75) is 0 Å². The molecule has 0 aliphatic heterocycles. The summed E-state index contributed by atoms with van der Waals surface area (Å²) < 4.78 is 11.0. The predicted octanol–water partition coefficient (Wildman–Crippen LogP) is 3.26. The van der Waals surface area contributed by atoms with Crippen molar-refractivity contribution < 1.29 is 14.3 Å². The molecule has 0 atom stereocenters. The lowest BCUT2D eigenvalue weighted by Gasteiger charge is -2.02. The molecule has 5 heteroatoms. The van der Waals surface area contributed by atoms with E-state index in [0.717, 1.165) is 10.1 Å². The first kappa shape index (κ1) is 11.2. The standard InChI is InChI=1S/C11H9ClO3S/c1-14-11(13)10-9(15-6-12)7-4-2-3-5-8(7)16-10/h2-5H,6H2,1H3. The minimum Gasteiger partial charge on any atom is -0.475 e. The fourth-order valence-corrected chi connectivity index (χ4v) is 2.62. The van der Waals surface area contributed by atoms with Crippen molar-refractivity contribution in [1.29, 1.82) is 0 Å². The van der Waals surface area contributed by atoms with Crippen molar-refractivity contribution >= 4 is 39.0 Å². The quantitative estimate of drug-likeness (QED) is 0.625. The van der Waals surface area contributed by atoms with E-state index >= 15 is 0 Å². The molecule has 0 radical (unpaired) electrons. The summed E-state index contributed by atoms with van der Waals surface area (Å²) in [5.74, 6) is 0.101. The van der Waals surface area contributed by atoms with Gasteiger partial charge in [0.1, 0.15) is 0 Å². The average Bonchev–Trinajstić information content (AvgIpc) is 2.68. The van der Waals surface area contributed by atoms with Crippen LogP contribution in [-0.4, -0.2) is 19.1 Å². The number of thiophene rings is 1. The lowest BCUT2D eigenvalue weighted by Crippen LogP contribution is -2.01. The minimum absolute atomic E-state index is 0.00468. The molecule has 0 saturated carbocycles. The van der Waals surface area contributed by atoms with E-state index in [4.69, 9.17) is 21.1 Å². The van der Waals surface area contributed by atoms with E-state index in [0.29, 0.717) is 10.6 Å². The first-order valence-corrected chi connectivity index (χ1v) is 5.91. The molecule has 0 saturated heterocycles. The maximum atomic E-state index is 11.5. The van der Waals surface area contributed by atoms with Crippen LogP contribution in [0, 0.1) is 0 Å². The van der Waals surface area contributed by atoms with Gasteiger partial charge in [0.25, 0.3) is 0 Å². The highest BCUT2D eigenvalue weighted by Crippen LogP contribution is 2.38. The van der Waals surface area contributed by atoms with E-state index in [1.54, 1.807) is 0 Å². The van der Waals surface area contributed by atoms with Gasteiger partial charge in [-0.2, -0.15) is 0 Å². The maximum Gasteiger partial charge on any atom is 0.351 e. The number of fused-ring (bicyclic) bond motifs is 1. The number of alkyl halides is 1. The van der Waals surface area contributed by atoms with Crippen molar-refractivity contribution in [3.05, 3.63) is 29.1 Å². The molecule has 0 bridgehead atoms. The van der Waals surface area contributed by atoms with Gasteiger partial charge in [-0.15, -0.1) is 11.3 Å². The summed E-state index contributed by atoms with van der Waals surface area (Å²) in [5, 5.41) is 0.883. The van der Waals surface area contributed by atoms with Crippen LogP contribution in [0.5, 0.6) is 5.75 Å². The number of esters is 1. The lowest BCUT2D eigenvalue weighted by atomic mass is 10.2. The van der Waals surface area contributed by atoms with Crippen molar-refractivity contribution in [1.82, 2.24) is 0 Å². The Kier molecular flexibility index (Phi) is 3.31. The van der Waals surface area contributed by atoms with E-state index in [-0.39, 0.29) is 6.07 Å². The Hall–Kier alpha value is -1.26. The highest BCUT2D eigenvalue weighted by atomic mass is 35.5. The van der Waals surface area contributed by atoms with Gasteiger partial charge in [0.2, 0.25) is 0 Å². The summed E-state index contributed by atoms with van der Waals surface area (Å²) >= 11 is 6.88. The van der Waals surface area contributed by atoms with Crippen LogP contribution in [-0.2, 0) is 4.74 Å². The molecule has 2 rings (SSSR count). The highest BCUT2D eigenvalue weighted by molar-refractivity contribution is 7.21. The molecule has 3 nitrogen and oxygen atoms in total. The van der Waals surface area contributed by atoms with Gasteiger partial charge in [0.05, 0.1) is 7.11 Å². The molecular formula is C11H9ClO3S. The Morgan fingerprint density at radius 3 is 2.88 bits per heavy atom. The van der Waals surface area contributed by atoms with Crippen LogP contribution in [0.4, 0.5) is 0 Å². The molecule has 2 aromatic rings. The number of benzene rings is 1. The van der Waals surface area contributed by atoms with Gasteiger partial charge < -0.3 is 9.47 Å². The Morgan fingerprint density at radius 2 is 2.19 bits per heavy atom. The predicted molar refractivity (Wildman–Crippen MR) is 64.5 cm³/mol. The zero-order chi connectivity index (χ0) is 11.5. The number of methoxy groups -OCH3 is 1. The van der Waals surface area contributed by atoms with Crippen LogP contribution in [0.25, 0.3) is 10.1 Å². The second kappa shape index (κ2) is 4.72. The van der Waals surface area contributed by atoms with E-state index in [1.807, 2.05) is 24.3 Å². The maximum absolute atomic E-state index is 11.5. The molecule has 0 spiro atoms. The third-order valence-corrected chi connectivity index (χ3v) is 3.36. The van der Waals surface area contributed by atoms with Gasteiger partial charge in [-0.3, -0.25) is 0 Å². The van der Waals surface area contributed by atoms with E-state index in [9.17, 15) is 4.79 Å². The number of carbonyl (C=O) groups excluding carboxylic acids is 1. The smallest absolute Gasteiger partial charge is 0.351 e. The number of halogens is 1. The molecule has 84 valence electrons. The first-order chi connectivity index (χ1) is 7.77.